The lowest BCUT2D eigenvalue weighted by Gasteiger charge is -2.14. The van der Waals surface area contributed by atoms with Gasteiger partial charge in [0, 0.05) is 17.2 Å². The van der Waals surface area contributed by atoms with E-state index in [4.69, 9.17) is 9.72 Å². The molecule has 1 fully saturated rings. The van der Waals surface area contributed by atoms with E-state index in [9.17, 15) is 4.79 Å². The molecule has 0 N–H and O–H groups in total. The smallest absolute Gasteiger partial charge is 0.341 e. The molecule has 0 amide bonds. The molecule has 36 heavy (non-hydrogen) atoms. The number of carbonyl (C=O) groups is 1. The Morgan fingerprint density at radius 3 is 2.69 bits per heavy atom. The van der Waals surface area contributed by atoms with Gasteiger partial charge in [-0.3, -0.25) is 4.68 Å². The van der Waals surface area contributed by atoms with Gasteiger partial charge in [0.05, 0.1) is 30.6 Å². The van der Waals surface area contributed by atoms with E-state index >= 15 is 4.39 Å². The lowest BCUT2D eigenvalue weighted by molar-refractivity contribution is 0.0526. The summed E-state index contributed by atoms with van der Waals surface area (Å²) in [6, 6.07) is 19.6. The molecule has 3 aromatic heterocycles. The van der Waals surface area contributed by atoms with Gasteiger partial charge >= 0.3 is 5.97 Å². The zero-order chi connectivity index (χ0) is 24.7. The molecule has 1 aliphatic rings. The zero-order valence-electron chi connectivity index (χ0n) is 19.6. The predicted octanol–water partition coefficient (Wildman–Crippen LogP) is 6.00. The maximum atomic E-state index is 15.1. The van der Waals surface area contributed by atoms with Crippen molar-refractivity contribution in [3.63, 3.8) is 0 Å². The molecular weight excluding hydrogens is 475 g/mol. The van der Waals surface area contributed by atoms with Crippen molar-refractivity contribution < 1.29 is 13.9 Å². The molecule has 8 heteroatoms. The number of thiazole rings is 1. The third-order valence-corrected chi connectivity index (χ3v) is 7.57. The first-order chi connectivity index (χ1) is 17.6. The first-order valence-electron chi connectivity index (χ1n) is 11.9. The van der Waals surface area contributed by atoms with Gasteiger partial charge in [0.1, 0.15) is 21.2 Å². The van der Waals surface area contributed by atoms with Crippen LogP contribution in [0.4, 0.5) is 4.39 Å². The van der Waals surface area contributed by atoms with Crippen LogP contribution in [-0.4, -0.2) is 32.3 Å². The minimum Gasteiger partial charge on any atom is -0.462 e. The standard InChI is InChI=1S/C28H23FN4O2S/c1-2-35-27(34)19-15-30-33(17-19)16-18-8-9-21(22(29)14-18)25-31-23-10-11-24(32-26(23)36-25)28(12-13-28)20-6-4-3-5-7-20/h3-11,14-15,17H,2,12-13,16H2,1H3. The molecule has 1 aliphatic carbocycles. The summed E-state index contributed by atoms with van der Waals surface area (Å²) in [5, 5.41) is 4.79. The van der Waals surface area contributed by atoms with E-state index in [0.717, 1.165) is 34.4 Å². The molecule has 0 unspecified atom stereocenters. The van der Waals surface area contributed by atoms with Gasteiger partial charge in [-0.05, 0) is 55.2 Å². The van der Waals surface area contributed by atoms with Crippen molar-refractivity contribution in [1.29, 1.82) is 0 Å². The van der Waals surface area contributed by atoms with Gasteiger partial charge in [-0.15, -0.1) is 0 Å². The van der Waals surface area contributed by atoms with Crippen LogP contribution in [0.2, 0.25) is 0 Å². The highest BCUT2D eigenvalue weighted by molar-refractivity contribution is 7.21. The molecular formula is C28H23FN4O2S. The van der Waals surface area contributed by atoms with E-state index in [2.05, 4.69) is 40.4 Å². The summed E-state index contributed by atoms with van der Waals surface area (Å²) in [7, 11) is 0. The van der Waals surface area contributed by atoms with Crippen LogP contribution in [0.3, 0.4) is 0 Å². The van der Waals surface area contributed by atoms with Crippen molar-refractivity contribution in [3.8, 4) is 10.6 Å². The second kappa shape index (κ2) is 8.95. The molecule has 0 saturated heterocycles. The Hall–Kier alpha value is -3.91. The van der Waals surface area contributed by atoms with Crippen molar-refractivity contribution in [1.82, 2.24) is 19.7 Å². The van der Waals surface area contributed by atoms with Crippen LogP contribution in [0.25, 0.3) is 20.9 Å². The van der Waals surface area contributed by atoms with Gasteiger partial charge < -0.3 is 4.74 Å². The summed E-state index contributed by atoms with van der Waals surface area (Å²) in [5.41, 5.74) is 4.63. The molecule has 6 rings (SSSR count). The molecule has 0 aliphatic heterocycles. The fourth-order valence-corrected chi connectivity index (χ4v) is 5.53. The number of ether oxygens (including phenoxy) is 1. The Kier molecular flexibility index (Phi) is 5.60. The van der Waals surface area contributed by atoms with E-state index in [1.54, 1.807) is 23.9 Å². The van der Waals surface area contributed by atoms with E-state index in [0.29, 0.717) is 29.3 Å². The molecule has 0 spiro atoms. The number of benzene rings is 2. The summed E-state index contributed by atoms with van der Waals surface area (Å²) in [5.74, 6) is -0.776. The average Bonchev–Trinajstić information content (AvgIpc) is 3.38. The number of nitrogens with zero attached hydrogens (tertiary/aromatic N) is 4. The fourth-order valence-electron chi connectivity index (χ4n) is 4.56. The Bertz CT molecular complexity index is 1570. The van der Waals surface area contributed by atoms with Crippen LogP contribution in [0.5, 0.6) is 0 Å². The van der Waals surface area contributed by atoms with Crippen LogP contribution in [0, 0.1) is 5.82 Å². The number of halogens is 1. The lowest BCUT2D eigenvalue weighted by atomic mass is 9.92. The predicted molar refractivity (Wildman–Crippen MR) is 137 cm³/mol. The van der Waals surface area contributed by atoms with Crippen molar-refractivity contribution in [2.45, 2.75) is 31.7 Å². The molecule has 3 heterocycles. The van der Waals surface area contributed by atoms with E-state index in [1.807, 2.05) is 18.2 Å². The first-order valence-corrected chi connectivity index (χ1v) is 12.7. The van der Waals surface area contributed by atoms with Crippen LogP contribution in [0.1, 0.15) is 46.9 Å². The third kappa shape index (κ3) is 4.07. The Labute approximate surface area is 211 Å². The Morgan fingerprint density at radius 2 is 1.94 bits per heavy atom. The average molecular weight is 499 g/mol. The highest BCUT2D eigenvalue weighted by atomic mass is 32.1. The summed E-state index contributed by atoms with van der Waals surface area (Å²) in [4.78, 5) is 22.3. The fraction of sp³-hybridized carbons (Fsp3) is 0.214. The molecule has 2 aromatic carbocycles. The maximum absolute atomic E-state index is 15.1. The first kappa shape index (κ1) is 22.5. The minimum atomic E-state index is -0.422. The third-order valence-electron chi connectivity index (χ3n) is 6.58. The summed E-state index contributed by atoms with van der Waals surface area (Å²) < 4.78 is 21.7. The minimum absolute atomic E-state index is 0.0217. The summed E-state index contributed by atoms with van der Waals surface area (Å²) in [6.45, 7) is 2.39. The number of aromatic nitrogens is 4. The maximum Gasteiger partial charge on any atom is 0.341 e. The van der Waals surface area contributed by atoms with Crippen molar-refractivity contribution in [2.24, 2.45) is 0 Å². The van der Waals surface area contributed by atoms with Gasteiger partial charge in [-0.2, -0.15) is 5.10 Å². The van der Waals surface area contributed by atoms with Gasteiger partial charge in [0.25, 0.3) is 0 Å². The number of carbonyl (C=O) groups excluding carboxylic acids is 1. The van der Waals surface area contributed by atoms with Crippen molar-refractivity contribution >= 4 is 27.7 Å². The highest BCUT2D eigenvalue weighted by Crippen LogP contribution is 2.53. The second-order valence-corrected chi connectivity index (χ2v) is 9.93. The van der Waals surface area contributed by atoms with Crippen molar-refractivity contribution in [3.05, 3.63) is 101 Å². The zero-order valence-corrected chi connectivity index (χ0v) is 20.5. The topological polar surface area (TPSA) is 69.9 Å². The van der Waals surface area contributed by atoms with Crippen LogP contribution in [-0.2, 0) is 16.7 Å². The van der Waals surface area contributed by atoms with Crippen LogP contribution < -0.4 is 0 Å². The van der Waals surface area contributed by atoms with E-state index in [-0.39, 0.29) is 11.2 Å². The SMILES string of the molecule is CCOC(=O)c1cnn(Cc2ccc(-c3nc4ccc(C5(c6ccccc6)CC5)nc4s3)c(F)c2)c1. The monoisotopic (exact) mass is 498 g/mol. The molecule has 5 aromatic rings. The highest BCUT2D eigenvalue weighted by Gasteiger charge is 2.47. The summed E-state index contributed by atoms with van der Waals surface area (Å²) >= 11 is 1.41. The van der Waals surface area contributed by atoms with E-state index in [1.165, 1.54) is 29.2 Å². The largest absolute Gasteiger partial charge is 0.462 e. The van der Waals surface area contributed by atoms with Gasteiger partial charge in [0.15, 0.2) is 0 Å². The summed E-state index contributed by atoms with van der Waals surface area (Å²) in [6.07, 6.45) is 5.21. The molecule has 6 nitrogen and oxygen atoms in total. The molecule has 0 radical (unpaired) electrons. The Morgan fingerprint density at radius 1 is 1.11 bits per heavy atom. The Balaban J connectivity index is 1.25. The van der Waals surface area contributed by atoms with Gasteiger partial charge in [-0.1, -0.05) is 47.7 Å². The number of hydrogen-bond acceptors (Lipinski definition) is 6. The number of hydrogen-bond donors (Lipinski definition) is 0. The normalized spacial score (nSPS) is 14.2. The second-order valence-electron chi connectivity index (χ2n) is 8.95. The number of pyridine rings is 1. The quantitative estimate of drug-likeness (QED) is 0.258. The van der Waals surface area contributed by atoms with E-state index < -0.39 is 5.97 Å². The molecule has 1 saturated carbocycles. The van der Waals surface area contributed by atoms with Crippen molar-refractivity contribution in [2.75, 3.05) is 6.61 Å². The molecule has 180 valence electrons. The van der Waals surface area contributed by atoms with Crippen LogP contribution >= 0.6 is 11.3 Å². The molecule has 0 bridgehead atoms. The molecule has 0 atom stereocenters. The number of esters is 1. The number of fused-ring (bicyclic) bond motifs is 1. The van der Waals surface area contributed by atoms with Gasteiger partial charge in [0.2, 0.25) is 0 Å². The lowest BCUT2D eigenvalue weighted by Crippen LogP contribution is -2.10. The van der Waals surface area contributed by atoms with Crippen LogP contribution in [0.15, 0.2) is 73.1 Å². The van der Waals surface area contributed by atoms with Gasteiger partial charge in [-0.25, -0.2) is 19.2 Å². The number of rotatable bonds is 7.